The van der Waals surface area contributed by atoms with Crippen LogP contribution in [0.4, 0.5) is 32.2 Å². The van der Waals surface area contributed by atoms with Gasteiger partial charge in [0.2, 0.25) is 6.41 Å². The second-order valence-corrected chi connectivity index (χ2v) is 7.23. The van der Waals surface area contributed by atoms with Gasteiger partial charge in [0.25, 0.3) is 11.5 Å². The van der Waals surface area contributed by atoms with E-state index in [2.05, 4.69) is 4.98 Å². The molecule has 1 heterocycles. The minimum absolute atomic E-state index is 0.0417. The van der Waals surface area contributed by atoms with E-state index in [0.29, 0.717) is 6.41 Å². The highest BCUT2D eigenvalue weighted by Crippen LogP contribution is 2.55. The SMILES string of the molecule is CN(CC1CC(C(O)(C(F)(F)F)C(F)(F)F)C1)C(=O)c1c(N(C)C=O)ncn1C. The molecule has 0 bridgehead atoms. The first kappa shape index (κ1) is 23.0. The lowest BCUT2D eigenvalue weighted by Gasteiger charge is -2.47. The highest BCUT2D eigenvalue weighted by atomic mass is 19.4. The lowest BCUT2D eigenvalue weighted by molar-refractivity contribution is -0.393. The third-order valence-corrected chi connectivity index (χ3v) is 5.18. The Labute approximate surface area is 161 Å². The van der Waals surface area contributed by atoms with Crippen LogP contribution in [0, 0.1) is 11.8 Å². The van der Waals surface area contributed by atoms with Gasteiger partial charge in [0.15, 0.2) is 11.5 Å². The Morgan fingerprint density at radius 3 is 2.21 bits per heavy atom. The Morgan fingerprint density at radius 1 is 1.24 bits per heavy atom. The quantitative estimate of drug-likeness (QED) is 0.553. The Kier molecular flexibility index (Phi) is 5.94. The van der Waals surface area contributed by atoms with Crippen LogP contribution in [0.25, 0.3) is 0 Å². The first-order valence-corrected chi connectivity index (χ1v) is 8.45. The average Bonchev–Trinajstić information content (AvgIpc) is 2.94. The first-order chi connectivity index (χ1) is 13.1. The van der Waals surface area contributed by atoms with E-state index in [1.165, 1.54) is 32.0 Å². The first-order valence-electron chi connectivity index (χ1n) is 8.45. The zero-order chi connectivity index (χ0) is 22.4. The van der Waals surface area contributed by atoms with Crippen molar-refractivity contribution in [2.45, 2.75) is 30.8 Å². The van der Waals surface area contributed by atoms with E-state index in [9.17, 15) is 41.0 Å². The number of carbonyl (C=O) groups excluding carboxylic acids is 2. The maximum Gasteiger partial charge on any atom is 0.426 e. The van der Waals surface area contributed by atoms with Crippen LogP contribution in [0.2, 0.25) is 0 Å². The number of hydrogen-bond acceptors (Lipinski definition) is 4. The Hall–Kier alpha value is -2.31. The molecule has 7 nitrogen and oxygen atoms in total. The topological polar surface area (TPSA) is 78.7 Å². The van der Waals surface area contributed by atoms with Crippen LogP contribution in [-0.2, 0) is 11.8 Å². The van der Waals surface area contributed by atoms with Crippen molar-refractivity contribution < 1.29 is 41.0 Å². The maximum atomic E-state index is 12.9. The lowest BCUT2D eigenvalue weighted by atomic mass is 9.65. The molecule has 1 aliphatic carbocycles. The summed E-state index contributed by atoms with van der Waals surface area (Å²) in [7, 11) is 4.22. The van der Waals surface area contributed by atoms with Gasteiger partial charge < -0.3 is 19.5 Å². The summed E-state index contributed by atoms with van der Waals surface area (Å²) in [6.07, 6.45) is -11.1. The number of aromatic nitrogens is 2. The van der Waals surface area contributed by atoms with Gasteiger partial charge >= 0.3 is 12.4 Å². The highest BCUT2D eigenvalue weighted by molar-refractivity contribution is 5.99. The summed E-state index contributed by atoms with van der Waals surface area (Å²) in [5, 5.41) is 9.40. The van der Waals surface area contributed by atoms with Crippen molar-refractivity contribution in [1.29, 1.82) is 0 Å². The van der Waals surface area contributed by atoms with Gasteiger partial charge in [-0.05, 0) is 18.8 Å². The summed E-state index contributed by atoms with van der Waals surface area (Å²) < 4.78 is 78.7. The van der Waals surface area contributed by atoms with Crippen molar-refractivity contribution in [2.75, 3.05) is 25.5 Å². The van der Waals surface area contributed by atoms with Crippen molar-refractivity contribution in [3.63, 3.8) is 0 Å². The molecule has 1 aliphatic rings. The van der Waals surface area contributed by atoms with Crippen molar-refractivity contribution >= 4 is 18.1 Å². The van der Waals surface area contributed by atoms with E-state index in [0.717, 1.165) is 9.80 Å². The third kappa shape index (κ3) is 3.91. The molecule has 1 fully saturated rings. The number of aryl methyl sites for hydroxylation is 1. The summed E-state index contributed by atoms with van der Waals surface area (Å²) in [5.41, 5.74) is -4.74. The van der Waals surface area contributed by atoms with Gasteiger partial charge in [0.1, 0.15) is 0 Å². The van der Waals surface area contributed by atoms with Gasteiger partial charge in [-0.1, -0.05) is 0 Å². The Balaban J connectivity index is 2.08. The van der Waals surface area contributed by atoms with Crippen molar-refractivity contribution in [3.05, 3.63) is 12.0 Å². The van der Waals surface area contributed by atoms with E-state index in [-0.39, 0.29) is 18.1 Å². The number of alkyl halides is 6. The Morgan fingerprint density at radius 2 is 1.76 bits per heavy atom. The van der Waals surface area contributed by atoms with Gasteiger partial charge in [0.05, 0.1) is 6.33 Å². The molecule has 0 atom stereocenters. The van der Waals surface area contributed by atoms with Crippen LogP contribution in [0.1, 0.15) is 23.3 Å². The summed E-state index contributed by atoms with van der Waals surface area (Å²) in [6, 6.07) is 0. The molecule has 164 valence electrons. The number of halogens is 6. The molecule has 1 N–H and O–H groups in total. The largest absolute Gasteiger partial charge is 0.426 e. The molecule has 29 heavy (non-hydrogen) atoms. The summed E-state index contributed by atoms with van der Waals surface area (Å²) in [6.45, 7) is -0.115. The maximum absolute atomic E-state index is 12.9. The molecular formula is C16H20F6N4O3. The molecule has 0 saturated heterocycles. The summed E-state index contributed by atoms with van der Waals surface area (Å²) in [5.74, 6) is -3.22. The molecule has 13 heteroatoms. The van der Waals surface area contributed by atoms with E-state index in [4.69, 9.17) is 0 Å². The number of carbonyl (C=O) groups is 2. The fourth-order valence-electron chi connectivity index (χ4n) is 3.47. The van der Waals surface area contributed by atoms with Crippen LogP contribution >= 0.6 is 0 Å². The van der Waals surface area contributed by atoms with Crippen molar-refractivity contribution in [3.8, 4) is 0 Å². The molecule has 0 radical (unpaired) electrons. The van der Waals surface area contributed by atoms with E-state index in [1.54, 1.807) is 0 Å². The third-order valence-electron chi connectivity index (χ3n) is 5.18. The molecule has 0 aromatic carbocycles. The molecule has 0 aliphatic heterocycles. The van der Waals surface area contributed by atoms with Gasteiger partial charge in [-0.25, -0.2) is 4.98 Å². The normalized spacial score (nSPS) is 20.2. The number of amides is 2. The minimum Gasteiger partial charge on any atom is -0.373 e. The molecule has 1 aromatic heterocycles. The van der Waals surface area contributed by atoms with E-state index in [1.807, 2.05) is 0 Å². The van der Waals surface area contributed by atoms with Crippen LogP contribution in [0.5, 0.6) is 0 Å². The summed E-state index contributed by atoms with van der Waals surface area (Å²) >= 11 is 0. The molecule has 2 amide bonds. The molecule has 0 unspecified atom stereocenters. The zero-order valence-corrected chi connectivity index (χ0v) is 15.8. The molecular weight excluding hydrogens is 410 g/mol. The number of anilines is 1. The fourth-order valence-corrected chi connectivity index (χ4v) is 3.47. The zero-order valence-electron chi connectivity index (χ0n) is 15.8. The number of hydrogen-bond donors (Lipinski definition) is 1. The number of aliphatic hydroxyl groups is 1. The van der Waals surface area contributed by atoms with Gasteiger partial charge in [-0.15, -0.1) is 0 Å². The van der Waals surface area contributed by atoms with Crippen molar-refractivity contribution in [2.24, 2.45) is 18.9 Å². The number of nitrogens with zero attached hydrogens (tertiary/aromatic N) is 4. The Bertz CT molecular complexity index is 756. The smallest absolute Gasteiger partial charge is 0.373 e. The second kappa shape index (κ2) is 7.50. The standard InChI is InChI=1S/C16H20F6N4O3/c1-24(13(28)11-12(26(3)8-27)23-7-25(11)2)6-9-4-10(5-9)14(29,15(17,18)19)16(20,21)22/h7-10,29H,4-6H2,1-3H3. The lowest BCUT2D eigenvalue weighted by Crippen LogP contribution is -2.64. The van der Waals surface area contributed by atoms with Crippen LogP contribution in [-0.4, -0.2) is 70.5 Å². The van der Waals surface area contributed by atoms with Gasteiger partial charge in [0, 0.05) is 33.6 Å². The van der Waals surface area contributed by atoms with E-state index < -0.39 is 48.5 Å². The monoisotopic (exact) mass is 430 g/mol. The predicted octanol–water partition coefficient (Wildman–Crippen LogP) is 1.97. The van der Waals surface area contributed by atoms with Crippen LogP contribution in [0.15, 0.2) is 6.33 Å². The predicted molar refractivity (Wildman–Crippen MR) is 87.9 cm³/mol. The molecule has 1 saturated carbocycles. The number of imidazole rings is 1. The van der Waals surface area contributed by atoms with E-state index >= 15 is 0 Å². The van der Waals surface area contributed by atoms with Gasteiger partial charge in [-0.3, -0.25) is 9.59 Å². The van der Waals surface area contributed by atoms with Crippen LogP contribution in [0.3, 0.4) is 0 Å². The van der Waals surface area contributed by atoms with Crippen LogP contribution < -0.4 is 4.90 Å². The molecule has 2 rings (SSSR count). The fraction of sp³-hybridized carbons (Fsp3) is 0.688. The molecule has 1 aromatic rings. The minimum atomic E-state index is -5.86. The second-order valence-electron chi connectivity index (χ2n) is 7.23. The van der Waals surface area contributed by atoms with Gasteiger partial charge in [-0.2, -0.15) is 26.3 Å². The summed E-state index contributed by atoms with van der Waals surface area (Å²) in [4.78, 5) is 29.7. The average molecular weight is 430 g/mol. The number of rotatable bonds is 6. The highest BCUT2D eigenvalue weighted by Gasteiger charge is 2.75. The van der Waals surface area contributed by atoms with Crippen molar-refractivity contribution in [1.82, 2.24) is 14.5 Å². The molecule has 0 spiro atoms.